The number of carboxylic acids is 1. The SMILES string of the molecule is CC(NC(=O)c1ccc2c(c1)OCO2)(C(=O)O)C1CC1. The van der Waals surface area contributed by atoms with Crippen LogP contribution in [0.1, 0.15) is 30.1 Å². The summed E-state index contributed by atoms with van der Waals surface area (Å²) < 4.78 is 10.4. The second kappa shape index (κ2) is 4.40. The summed E-state index contributed by atoms with van der Waals surface area (Å²) in [6.45, 7) is 1.69. The van der Waals surface area contributed by atoms with Crippen molar-refractivity contribution in [3.63, 3.8) is 0 Å². The number of amides is 1. The number of hydrogen-bond donors (Lipinski definition) is 2. The molecule has 6 heteroatoms. The van der Waals surface area contributed by atoms with Crippen molar-refractivity contribution in [2.24, 2.45) is 5.92 Å². The van der Waals surface area contributed by atoms with Crippen LogP contribution < -0.4 is 14.8 Å². The van der Waals surface area contributed by atoms with Crippen LogP contribution in [0, 0.1) is 5.92 Å². The smallest absolute Gasteiger partial charge is 0.329 e. The molecule has 6 nitrogen and oxygen atoms in total. The summed E-state index contributed by atoms with van der Waals surface area (Å²) in [5, 5.41) is 12.0. The molecule has 2 N–H and O–H groups in total. The lowest BCUT2D eigenvalue weighted by Gasteiger charge is -2.26. The Balaban J connectivity index is 1.80. The standard InChI is InChI=1S/C14H15NO5/c1-14(13(17)18,9-3-4-9)15-12(16)8-2-5-10-11(6-8)20-7-19-10/h2,5-6,9H,3-4,7H2,1H3,(H,15,16)(H,17,18). The lowest BCUT2D eigenvalue weighted by atomic mass is 9.95. The maximum absolute atomic E-state index is 12.2. The van der Waals surface area contributed by atoms with Gasteiger partial charge in [-0.05, 0) is 43.9 Å². The van der Waals surface area contributed by atoms with Crippen LogP contribution in [-0.2, 0) is 4.79 Å². The van der Waals surface area contributed by atoms with E-state index in [1.165, 1.54) is 0 Å². The number of nitrogens with one attached hydrogen (secondary N) is 1. The van der Waals surface area contributed by atoms with Crippen LogP contribution in [0.2, 0.25) is 0 Å². The molecule has 0 bridgehead atoms. The summed E-state index contributed by atoms with van der Waals surface area (Å²) in [6, 6.07) is 4.80. The highest BCUT2D eigenvalue weighted by atomic mass is 16.7. The number of rotatable bonds is 4. The molecule has 0 aromatic heterocycles. The zero-order valence-corrected chi connectivity index (χ0v) is 11.0. The highest BCUT2D eigenvalue weighted by molar-refractivity contribution is 5.98. The van der Waals surface area contributed by atoms with Crippen LogP contribution in [0.25, 0.3) is 0 Å². The van der Waals surface area contributed by atoms with E-state index in [1.807, 2.05) is 0 Å². The highest BCUT2D eigenvalue weighted by Gasteiger charge is 2.48. The van der Waals surface area contributed by atoms with E-state index in [0.29, 0.717) is 17.1 Å². The summed E-state index contributed by atoms with van der Waals surface area (Å²) in [5.41, 5.74) is -0.852. The topological polar surface area (TPSA) is 84.9 Å². The molecule has 2 aliphatic rings. The monoisotopic (exact) mass is 277 g/mol. The first kappa shape index (κ1) is 12.8. The quantitative estimate of drug-likeness (QED) is 0.869. The van der Waals surface area contributed by atoms with Crippen LogP contribution >= 0.6 is 0 Å². The van der Waals surface area contributed by atoms with E-state index < -0.39 is 17.4 Å². The van der Waals surface area contributed by atoms with E-state index in [-0.39, 0.29) is 12.7 Å². The normalized spacial score (nSPS) is 19.2. The summed E-state index contributed by atoms with van der Waals surface area (Å²) in [6.07, 6.45) is 1.65. The van der Waals surface area contributed by atoms with E-state index in [4.69, 9.17) is 9.47 Å². The Morgan fingerprint density at radius 1 is 1.30 bits per heavy atom. The molecule has 1 aromatic rings. The maximum Gasteiger partial charge on any atom is 0.329 e. The van der Waals surface area contributed by atoms with Gasteiger partial charge in [0, 0.05) is 5.56 Å². The molecule has 0 radical (unpaired) electrons. The van der Waals surface area contributed by atoms with Gasteiger partial charge in [0.25, 0.3) is 5.91 Å². The van der Waals surface area contributed by atoms with Crippen molar-refractivity contribution >= 4 is 11.9 Å². The summed E-state index contributed by atoms with van der Waals surface area (Å²) >= 11 is 0. The number of benzene rings is 1. The summed E-state index contributed by atoms with van der Waals surface area (Å²) in [7, 11) is 0. The molecule has 20 heavy (non-hydrogen) atoms. The van der Waals surface area contributed by atoms with E-state index >= 15 is 0 Å². The van der Waals surface area contributed by atoms with Crippen molar-refractivity contribution in [2.75, 3.05) is 6.79 Å². The van der Waals surface area contributed by atoms with Crippen LogP contribution in [0.5, 0.6) is 11.5 Å². The number of carbonyl (C=O) groups excluding carboxylic acids is 1. The first-order valence-corrected chi connectivity index (χ1v) is 6.46. The van der Waals surface area contributed by atoms with Crippen molar-refractivity contribution in [3.8, 4) is 11.5 Å². The van der Waals surface area contributed by atoms with Gasteiger partial charge >= 0.3 is 5.97 Å². The molecule has 1 fully saturated rings. The lowest BCUT2D eigenvalue weighted by Crippen LogP contribution is -2.54. The van der Waals surface area contributed by atoms with Gasteiger partial charge in [0.05, 0.1) is 0 Å². The Hall–Kier alpha value is -2.24. The lowest BCUT2D eigenvalue weighted by molar-refractivity contribution is -0.144. The number of aliphatic carboxylic acids is 1. The molecule has 1 amide bonds. The fourth-order valence-corrected chi connectivity index (χ4v) is 2.34. The molecule has 1 atom stereocenters. The molecule has 1 unspecified atom stereocenters. The molecule has 1 heterocycles. The van der Waals surface area contributed by atoms with Crippen molar-refractivity contribution < 1.29 is 24.2 Å². The second-order valence-electron chi connectivity index (χ2n) is 5.30. The molecule has 1 aliphatic carbocycles. The largest absolute Gasteiger partial charge is 0.480 e. The van der Waals surface area contributed by atoms with Crippen molar-refractivity contribution in [3.05, 3.63) is 23.8 Å². The van der Waals surface area contributed by atoms with Gasteiger partial charge in [-0.1, -0.05) is 0 Å². The third-order valence-electron chi connectivity index (χ3n) is 3.85. The maximum atomic E-state index is 12.2. The Morgan fingerprint density at radius 3 is 2.65 bits per heavy atom. The Labute approximate surface area is 115 Å². The van der Waals surface area contributed by atoms with Gasteiger partial charge < -0.3 is 19.9 Å². The van der Waals surface area contributed by atoms with Crippen molar-refractivity contribution in [1.82, 2.24) is 5.32 Å². The van der Waals surface area contributed by atoms with Gasteiger partial charge in [0.1, 0.15) is 5.54 Å². The van der Waals surface area contributed by atoms with Crippen molar-refractivity contribution in [1.29, 1.82) is 0 Å². The molecule has 1 saturated carbocycles. The molecule has 0 spiro atoms. The number of carboxylic acid groups (broad SMARTS) is 1. The minimum Gasteiger partial charge on any atom is -0.480 e. The van der Waals surface area contributed by atoms with Crippen LogP contribution in [0.4, 0.5) is 0 Å². The molecule has 1 aromatic carbocycles. The summed E-state index contributed by atoms with van der Waals surface area (Å²) in [4.78, 5) is 23.6. The molecule has 3 rings (SSSR count). The first-order chi connectivity index (χ1) is 9.50. The Kier molecular flexibility index (Phi) is 2.81. The average Bonchev–Trinajstić information content (AvgIpc) is 3.16. The van der Waals surface area contributed by atoms with Gasteiger partial charge in [-0.2, -0.15) is 0 Å². The molecule has 106 valence electrons. The van der Waals surface area contributed by atoms with E-state index in [9.17, 15) is 14.7 Å². The zero-order valence-electron chi connectivity index (χ0n) is 11.0. The number of hydrogen-bond acceptors (Lipinski definition) is 4. The van der Waals surface area contributed by atoms with Crippen LogP contribution in [0.15, 0.2) is 18.2 Å². The van der Waals surface area contributed by atoms with Gasteiger partial charge in [0.2, 0.25) is 6.79 Å². The van der Waals surface area contributed by atoms with Gasteiger partial charge in [0.15, 0.2) is 11.5 Å². The predicted molar refractivity (Wildman–Crippen MR) is 68.8 cm³/mol. The third-order valence-corrected chi connectivity index (χ3v) is 3.85. The third kappa shape index (κ3) is 2.07. The second-order valence-corrected chi connectivity index (χ2v) is 5.30. The van der Waals surface area contributed by atoms with Crippen LogP contribution in [0.3, 0.4) is 0 Å². The van der Waals surface area contributed by atoms with Crippen LogP contribution in [-0.4, -0.2) is 29.3 Å². The fraction of sp³-hybridized carbons (Fsp3) is 0.429. The average molecular weight is 277 g/mol. The number of ether oxygens (including phenoxy) is 2. The minimum atomic E-state index is -1.21. The Bertz CT molecular complexity index is 581. The zero-order chi connectivity index (χ0) is 14.3. The van der Waals surface area contributed by atoms with Gasteiger partial charge in [-0.15, -0.1) is 0 Å². The van der Waals surface area contributed by atoms with Gasteiger partial charge in [-0.3, -0.25) is 4.79 Å². The van der Waals surface area contributed by atoms with E-state index in [1.54, 1.807) is 25.1 Å². The van der Waals surface area contributed by atoms with E-state index in [0.717, 1.165) is 12.8 Å². The molecular weight excluding hydrogens is 262 g/mol. The minimum absolute atomic E-state index is 0.00189. The predicted octanol–water partition coefficient (Wildman–Crippen LogP) is 1.40. The van der Waals surface area contributed by atoms with E-state index in [2.05, 4.69) is 5.32 Å². The molecule has 0 saturated heterocycles. The van der Waals surface area contributed by atoms with Crippen molar-refractivity contribution in [2.45, 2.75) is 25.3 Å². The Morgan fingerprint density at radius 2 is 2.00 bits per heavy atom. The fourth-order valence-electron chi connectivity index (χ4n) is 2.34. The molecule has 1 aliphatic heterocycles. The first-order valence-electron chi connectivity index (χ1n) is 6.46. The molecular formula is C14H15NO5. The summed E-state index contributed by atoms with van der Waals surface area (Å²) in [5.74, 6) is -0.335. The van der Waals surface area contributed by atoms with Gasteiger partial charge in [-0.25, -0.2) is 4.79 Å². The number of carbonyl (C=O) groups is 2. The highest BCUT2D eigenvalue weighted by Crippen LogP contribution is 2.40. The number of fused-ring (bicyclic) bond motifs is 1.